The second-order valence-electron chi connectivity index (χ2n) is 6.90. The van der Waals surface area contributed by atoms with Crippen molar-refractivity contribution in [3.63, 3.8) is 0 Å². The Morgan fingerprint density at radius 1 is 1.21 bits per heavy atom. The van der Waals surface area contributed by atoms with Crippen LogP contribution in [-0.4, -0.2) is 41.7 Å². The molecule has 4 rings (SSSR count). The van der Waals surface area contributed by atoms with Crippen molar-refractivity contribution in [3.05, 3.63) is 78.1 Å². The zero-order chi connectivity index (χ0) is 23.0. The molecule has 1 aliphatic rings. The Morgan fingerprint density at radius 3 is 2.67 bits per heavy atom. The number of thioether (sulfide) groups is 1. The summed E-state index contributed by atoms with van der Waals surface area (Å²) in [6, 6.07) is 18.7. The number of carbonyl (C=O) groups is 1. The van der Waals surface area contributed by atoms with E-state index in [-0.39, 0.29) is 17.5 Å². The van der Waals surface area contributed by atoms with Gasteiger partial charge in [-0.1, -0.05) is 60.3 Å². The van der Waals surface area contributed by atoms with Gasteiger partial charge in [-0.25, -0.2) is 9.98 Å². The van der Waals surface area contributed by atoms with Crippen LogP contribution in [0.3, 0.4) is 0 Å². The van der Waals surface area contributed by atoms with Crippen LogP contribution < -0.4 is 14.7 Å². The molecule has 2 heterocycles. The number of nitrogens with zero attached hydrogens (tertiary/aromatic N) is 5. The number of rotatable bonds is 8. The van der Waals surface area contributed by atoms with Gasteiger partial charge in [-0.2, -0.15) is 0 Å². The summed E-state index contributed by atoms with van der Waals surface area (Å²) in [7, 11) is 1.59. The van der Waals surface area contributed by atoms with Gasteiger partial charge in [0.05, 0.1) is 5.69 Å². The number of para-hydroxylation sites is 1. The van der Waals surface area contributed by atoms with E-state index in [9.17, 15) is 9.90 Å². The Labute approximate surface area is 194 Å². The fourth-order valence-corrected chi connectivity index (χ4v) is 3.79. The van der Waals surface area contributed by atoms with E-state index in [1.54, 1.807) is 13.2 Å². The first-order chi connectivity index (χ1) is 16.1. The molecule has 0 radical (unpaired) electrons. The van der Waals surface area contributed by atoms with E-state index in [1.165, 1.54) is 15.8 Å². The average Bonchev–Trinajstić information content (AvgIpc) is 3.41. The van der Waals surface area contributed by atoms with Gasteiger partial charge < -0.3 is 9.84 Å². The SMILES string of the molecule is COCC[n+]1cc(/N=C(\[O-])CSC2=N/C(=C/c3ccccc3)C(=O)N2c2ccccc2)on1. The maximum absolute atomic E-state index is 13.1. The van der Waals surface area contributed by atoms with Crippen LogP contribution in [0, 0.1) is 0 Å². The number of amidine groups is 1. The molecule has 0 fully saturated rings. The number of anilines is 1. The van der Waals surface area contributed by atoms with Gasteiger partial charge in [-0.3, -0.25) is 14.2 Å². The molecule has 3 aromatic rings. The summed E-state index contributed by atoms with van der Waals surface area (Å²) >= 11 is 1.14. The molecule has 0 saturated carbocycles. The van der Waals surface area contributed by atoms with Gasteiger partial charge in [0, 0.05) is 12.9 Å². The van der Waals surface area contributed by atoms with E-state index in [2.05, 4.69) is 15.3 Å². The summed E-state index contributed by atoms with van der Waals surface area (Å²) in [6.45, 7) is 0.947. The first-order valence-corrected chi connectivity index (χ1v) is 11.1. The second-order valence-corrected chi connectivity index (χ2v) is 7.84. The van der Waals surface area contributed by atoms with Crippen molar-refractivity contribution in [1.82, 2.24) is 5.27 Å². The quantitative estimate of drug-likeness (QED) is 0.219. The number of hydrogen-bond donors (Lipinski definition) is 0. The molecule has 0 N–H and O–H groups in total. The Balaban J connectivity index is 1.52. The number of ether oxygens (including phenoxy) is 1. The van der Waals surface area contributed by atoms with E-state index in [0.29, 0.717) is 29.7 Å². The molecule has 0 atom stereocenters. The van der Waals surface area contributed by atoms with Gasteiger partial charge in [0.15, 0.2) is 5.17 Å². The topological polar surface area (TPSA) is 107 Å². The van der Waals surface area contributed by atoms with Crippen molar-refractivity contribution >= 4 is 46.4 Å². The van der Waals surface area contributed by atoms with Crippen molar-refractivity contribution in [3.8, 4) is 0 Å². The molecule has 0 aliphatic carbocycles. The number of hydrogen-bond acceptors (Lipinski definition) is 8. The van der Waals surface area contributed by atoms with Crippen LogP contribution >= 0.6 is 11.8 Å². The third kappa shape index (κ3) is 5.73. The predicted molar refractivity (Wildman–Crippen MR) is 124 cm³/mol. The minimum atomic E-state index is -0.432. The van der Waals surface area contributed by atoms with Crippen LogP contribution in [0.5, 0.6) is 0 Å². The van der Waals surface area contributed by atoms with Gasteiger partial charge in [0.2, 0.25) is 11.8 Å². The van der Waals surface area contributed by atoms with Crippen LogP contribution in [-0.2, 0) is 16.1 Å². The highest BCUT2D eigenvalue weighted by molar-refractivity contribution is 8.14. The molecule has 168 valence electrons. The lowest BCUT2D eigenvalue weighted by Crippen LogP contribution is -2.36. The fourth-order valence-electron chi connectivity index (χ4n) is 2.99. The summed E-state index contributed by atoms with van der Waals surface area (Å²) < 4.78 is 11.5. The summed E-state index contributed by atoms with van der Waals surface area (Å²) in [4.78, 5) is 23.1. The predicted octanol–water partition coefficient (Wildman–Crippen LogP) is 2.18. The lowest BCUT2D eigenvalue weighted by Gasteiger charge is -2.18. The highest BCUT2D eigenvalue weighted by atomic mass is 32.2. The number of methoxy groups -OCH3 is 1. The lowest BCUT2D eigenvalue weighted by atomic mass is 10.2. The maximum atomic E-state index is 13.1. The van der Waals surface area contributed by atoms with Crippen LogP contribution in [0.1, 0.15) is 5.56 Å². The van der Waals surface area contributed by atoms with Crippen molar-refractivity contribution in [1.29, 1.82) is 0 Å². The Bertz CT molecular complexity index is 1190. The standard InChI is InChI=1S/C23H21N5O4S/c1-31-13-12-27-15-21(32-26-27)25-20(29)16-33-23-24-19(14-17-8-4-2-5-9-17)22(30)28(23)18-10-6-3-7-11-18/h2-11,14-15H,12-13,16H2,1H3/b19-14+. The van der Waals surface area contributed by atoms with Crippen molar-refractivity contribution in [2.75, 3.05) is 24.4 Å². The first-order valence-electron chi connectivity index (χ1n) is 10.1. The highest BCUT2D eigenvalue weighted by Crippen LogP contribution is 2.29. The summed E-state index contributed by atoms with van der Waals surface area (Å²) in [5.74, 6) is -0.608. The Hall–Kier alpha value is -3.76. The fraction of sp³-hybridized carbons (Fsp3) is 0.174. The number of carbonyl (C=O) groups excluding carboxylic acids is 1. The first kappa shape index (κ1) is 22.4. The maximum Gasteiger partial charge on any atom is 0.320 e. The zero-order valence-electron chi connectivity index (χ0n) is 17.8. The Kier molecular flexibility index (Phi) is 7.28. The molecule has 0 spiro atoms. The van der Waals surface area contributed by atoms with Crippen molar-refractivity contribution in [2.45, 2.75) is 6.54 Å². The van der Waals surface area contributed by atoms with Gasteiger partial charge >= 0.3 is 5.88 Å². The molecular formula is C23H21N5O4S. The van der Waals surface area contributed by atoms with Crippen LogP contribution in [0.25, 0.3) is 6.08 Å². The molecule has 0 unspecified atom stereocenters. The van der Waals surface area contributed by atoms with Gasteiger partial charge in [0.25, 0.3) is 12.1 Å². The molecule has 0 bridgehead atoms. The minimum absolute atomic E-state index is 0.0210. The second kappa shape index (κ2) is 10.7. The molecule has 9 nitrogen and oxygen atoms in total. The third-order valence-electron chi connectivity index (χ3n) is 4.53. The van der Waals surface area contributed by atoms with Crippen LogP contribution in [0.4, 0.5) is 11.6 Å². The lowest BCUT2D eigenvalue weighted by molar-refractivity contribution is -0.763. The van der Waals surface area contributed by atoms with E-state index in [0.717, 1.165) is 17.3 Å². The molecule has 1 aliphatic heterocycles. The molecule has 1 amide bonds. The number of benzene rings is 2. The highest BCUT2D eigenvalue weighted by Gasteiger charge is 2.31. The van der Waals surface area contributed by atoms with E-state index >= 15 is 0 Å². The number of aliphatic imine (C=N–C) groups is 2. The monoisotopic (exact) mass is 463 g/mol. The van der Waals surface area contributed by atoms with E-state index in [4.69, 9.17) is 9.26 Å². The van der Waals surface area contributed by atoms with Gasteiger partial charge in [-0.05, 0) is 34.4 Å². The number of aromatic nitrogens is 2. The molecule has 2 aromatic carbocycles. The summed E-state index contributed by atoms with van der Waals surface area (Å²) in [6.07, 6.45) is 3.25. The van der Waals surface area contributed by atoms with E-state index < -0.39 is 5.90 Å². The zero-order valence-corrected chi connectivity index (χ0v) is 18.6. The van der Waals surface area contributed by atoms with Crippen molar-refractivity contribution < 1.29 is 23.8 Å². The smallest absolute Gasteiger partial charge is 0.320 e. The third-order valence-corrected chi connectivity index (χ3v) is 5.45. The number of amides is 1. The normalized spacial score (nSPS) is 15.4. The molecule has 10 heteroatoms. The van der Waals surface area contributed by atoms with Crippen LogP contribution in [0.2, 0.25) is 0 Å². The molecule has 1 aromatic heterocycles. The minimum Gasteiger partial charge on any atom is -0.861 e. The summed E-state index contributed by atoms with van der Waals surface area (Å²) in [5.41, 5.74) is 1.83. The van der Waals surface area contributed by atoms with Gasteiger partial charge in [-0.15, -0.1) is 0 Å². The summed E-state index contributed by atoms with van der Waals surface area (Å²) in [5, 5.41) is 16.6. The van der Waals surface area contributed by atoms with Gasteiger partial charge in [0.1, 0.15) is 12.3 Å². The van der Waals surface area contributed by atoms with Crippen molar-refractivity contribution in [2.24, 2.45) is 9.98 Å². The van der Waals surface area contributed by atoms with Crippen LogP contribution in [0.15, 0.2) is 87.1 Å². The Morgan fingerprint density at radius 2 is 1.94 bits per heavy atom. The molecule has 0 saturated heterocycles. The molecular weight excluding hydrogens is 442 g/mol. The molecule has 33 heavy (non-hydrogen) atoms. The largest absolute Gasteiger partial charge is 0.861 e. The van der Waals surface area contributed by atoms with E-state index in [1.807, 2.05) is 60.7 Å². The average molecular weight is 464 g/mol.